The van der Waals surface area contributed by atoms with E-state index in [1.807, 2.05) is 19.0 Å². The molecule has 2 amide bonds. The van der Waals surface area contributed by atoms with Crippen LogP contribution < -0.4 is 16.0 Å². The van der Waals surface area contributed by atoms with Gasteiger partial charge in [-0.1, -0.05) is 12.7 Å². The van der Waals surface area contributed by atoms with Gasteiger partial charge >= 0.3 is 0 Å². The smallest absolute Gasteiger partial charge is 0.237 e. The summed E-state index contributed by atoms with van der Waals surface area (Å²) >= 11 is 0. The zero-order chi connectivity index (χ0) is 20.9. The van der Waals surface area contributed by atoms with Crippen LogP contribution in [0, 0.1) is 0 Å². The summed E-state index contributed by atoms with van der Waals surface area (Å²) in [6, 6.07) is 2.60. The molecule has 0 aliphatic heterocycles. The van der Waals surface area contributed by atoms with E-state index in [4.69, 9.17) is 0 Å². The fraction of sp³-hybridized carbons (Fsp3) is 0.450. The highest BCUT2D eigenvalue weighted by atomic mass is 16.3. The first-order valence-electron chi connectivity index (χ1n) is 9.20. The van der Waals surface area contributed by atoms with Gasteiger partial charge in [0.1, 0.15) is 5.76 Å². The lowest BCUT2D eigenvalue weighted by Gasteiger charge is -2.18. The molecule has 0 aliphatic carbocycles. The molecular weight excluding hydrogens is 358 g/mol. The predicted molar refractivity (Wildman–Crippen MR) is 111 cm³/mol. The maximum atomic E-state index is 12.4. The molecule has 1 heterocycles. The highest BCUT2D eigenvalue weighted by molar-refractivity contribution is 5.88. The second-order valence-corrected chi connectivity index (χ2v) is 6.66. The number of rotatable bonds is 13. The largest absolute Gasteiger partial charge is 0.508 e. The summed E-state index contributed by atoms with van der Waals surface area (Å²) in [4.78, 5) is 30.8. The third kappa shape index (κ3) is 9.29. The summed E-state index contributed by atoms with van der Waals surface area (Å²) in [6.45, 7) is 9.08. The van der Waals surface area contributed by atoms with Crippen LogP contribution in [-0.4, -0.2) is 66.6 Å². The summed E-state index contributed by atoms with van der Waals surface area (Å²) in [6.07, 6.45) is 3.98. The Hall–Kier alpha value is -2.71. The van der Waals surface area contributed by atoms with Gasteiger partial charge in [0.05, 0.1) is 18.2 Å². The normalized spacial score (nSPS) is 11.7. The number of nitrogens with one attached hydrogen (secondary N) is 3. The fourth-order valence-corrected chi connectivity index (χ4v) is 2.42. The Labute approximate surface area is 166 Å². The molecular formula is C20H31N5O3. The van der Waals surface area contributed by atoms with Crippen LogP contribution in [0.1, 0.15) is 24.1 Å². The third-order valence-corrected chi connectivity index (χ3v) is 3.91. The first-order valence-corrected chi connectivity index (χ1v) is 9.20. The SMILES string of the molecule is C=CCNC(=O)[C@H](CC(=O)NCCCN(C)C)NCc1cc(C(=C)O)ccn1. The molecule has 8 nitrogen and oxygen atoms in total. The second-order valence-electron chi connectivity index (χ2n) is 6.66. The molecule has 1 aromatic rings. The van der Waals surface area contributed by atoms with Crippen molar-refractivity contribution >= 4 is 17.6 Å². The second kappa shape index (κ2) is 12.6. The Morgan fingerprint density at radius 3 is 2.75 bits per heavy atom. The van der Waals surface area contributed by atoms with E-state index in [-0.39, 0.29) is 30.5 Å². The van der Waals surface area contributed by atoms with Gasteiger partial charge in [0.15, 0.2) is 0 Å². The maximum absolute atomic E-state index is 12.4. The van der Waals surface area contributed by atoms with Crippen molar-refractivity contribution in [2.45, 2.75) is 25.4 Å². The van der Waals surface area contributed by atoms with Crippen molar-refractivity contribution in [3.8, 4) is 0 Å². The van der Waals surface area contributed by atoms with Crippen molar-refractivity contribution in [2.75, 3.05) is 33.7 Å². The van der Waals surface area contributed by atoms with Crippen LogP contribution in [0.5, 0.6) is 0 Å². The van der Waals surface area contributed by atoms with Crippen LogP contribution in [0.2, 0.25) is 0 Å². The van der Waals surface area contributed by atoms with Gasteiger partial charge in [-0.3, -0.25) is 19.9 Å². The molecule has 0 aromatic carbocycles. The lowest BCUT2D eigenvalue weighted by atomic mass is 10.1. The van der Waals surface area contributed by atoms with Crippen LogP contribution in [0.25, 0.3) is 5.76 Å². The number of carbonyl (C=O) groups is 2. The van der Waals surface area contributed by atoms with Crippen LogP contribution in [0.3, 0.4) is 0 Å². The minimum absolute atomic E-state index is 0.0112. The van der Waals surface area contributed by atoms with Crippen molar-refractivity contribution in [1.82, 2.24) is 25.8 Å². The highest BCUT2D eigenvalue weighted by Gasteiger charge is 2.21. The lowest BCUT2D eigenvalue weighted by molar-refractivity contribution is -0.128. The zero-order valence-electron chi connectivity index (χ0n) is 16.7. The summed E-state index contributed by atoms with van der Waals surface area (Å²) in [7, 11) is 3.95. The molecule has 1 aromatic heterocycles. The molecule has 0 radical (unpaired) electrons. The van der Waals surface area contributed by atoms with E-state index in [0.717, 1.165) is 13.0 Å². The lowest BCUT2D eigenvalue weighted by Crippen LogP contribution is -2.47. The van der Waals surface area contributed by atoms with E-state index in [0.29, 0.717) is 24.3 Å². The Bertz CT molecular complexity index is 676. The Balaban J connectivity index is 2.65. The maximum Gasteiger partial charge on any atom is 0.237 e. The molecule has 1 rings (SSSR count). The van der Waals surface area contributed by atoms with Crippen LogP contribution in [0.4, 0.5) is 0 Å². The Kier molecular flexibility index (Phi) is 10.5. The molecule has 0 spiro atoms. The monoisotopic (exact) mass is 389 g/mol. The molecule has 8 heteroatoms. The molecule has 0 saturated carbocycles. The molecule has 0 aliphatic rings. The van der Waals surface area contributed by atoms with Gasteiger partial charge in [-0.05, 0) is 39.2 Å². The van der Waals surface area contributed by atoms with Crippen LogP contribution in [0.15, 0.2) is 37.6 Å². The standard InChI is InChI=1S/C20H31N5O3/c1-5-8-23-20(28)18(13-19(27)22-9-6-11-25(3)4)24-14-17-12-16(15(2)26)7-10-21-17/h5,7,10,12,18,24,26H,1-2,6,8-9,11,13-14H2,3-4H3,(H,22,27)(H,23,28)/t18-/m0/s1. The van der Waals surface area contributed by atoms with E-state index in [2.05, 4.69) is 34.1 Å². The summed E-state index contributed by atoms with van der Waals surface area (Å²) in [5, 5.41) is 18.1. The predicted octanol–water partition coefficient (Wildman–Crippen LogP) is 0.829. The molecule has 0 saturated heterocycles. The van der Waals surface area contributed by atoms with Crippen molar-refractivity contribution in [1.29, 1.82) is 0 Å². The van der Waals surface area contributed by atoms with Gasteiger partial charge < -0.3 is 20.6 Å². The summed E-state index contributed by atoms with van der Waals surface area (Å²) < 4.78 is 0. The number of amides is 2. The number of aliphatic hydroxyl groups excluding tert-OH is 1. The minimum Gasteiger partial charge on any atom is -0.508 e. The number of carbonyl (C=O) groups excluding carboxylic acids is 2. The first kappa shape index (κ1) is 23.3. The van der Waals surface area contributed by atoms with Gasteiger partial charge in [-0.2, -0.15) is 0 Å². The summed E-state index contributed by atoms with van der Waals surface area (Å²) in [5.41, 5.74) is 1.18. The highest BCUT2D eigenvalue weighted by Crippen LogP contribution is 2.09. The molecule has 154 valence electrons. The number of hydrogen-bond acceptors (Lipinski definition) is 6. The number of hydrogen-bond donors (Lipinski definition) is 4. The minimum atomic E-state index is -0.711. The van der Waals surface area contributed by atoms with E-state index >= 15 is 0 Å². The molecule has 28 heavy (non-hydrogen) atoms. The average molecular weight is 390 g/mol. The van der Waals surface area contributed by atoms with Crippen molar-refractivity contribution < 1.29 is 14.7 Å². The van der Waals surface area contributed by atoms with E-state index in [1.54, 1.807) is 24.4 Å². The molecule has 1 atom stereocenters. The van der Waals surface area contributed by atoms with Gasteiger partial charge in [-0.25, -0.2) is 0 Å². The average Bonchev–Trinajstić information content (AvgIpc) is 2.66. The van der Waals surface area contributed by atoms with E-state index in [1.165, 1.54) is 0 Å². The molecule has 0 unspecified atom stereocenters. The quantitative estimate of drug-likeness (QED) is 0.226. The molecule has 0 bridgehead atoms. The number of nitrogens with zero attached hydrogens (tertiary/aromatic N) is 2. The topological polar surface area (TPSA) is 107 Å². The van der Waals surface area contributed by atoms with E-state index in [9.17, 15) is 14.7 Å². The van der Waals surface area contributed by atoms with Crippen molar-refractivity contribution in [3.05, 3.63) is 48.8 Å². The number of aliphatic hydroxyl groups is 1. The van der Waals surface area contributed by atoms with Gasteiger partial charge in [0, 0.05) is 31.4 Å². The van der Waals surface area contributed by atoms with Crippen LogP contribution >= 0.6 is 0 Å². The van der Waals surface area contributed by atoms with Crippen molar-refractivity contribution in [3.63, 3.8) is 0 Å². The summed E-state index contributed by atoms with van der Waals surface area (Å²) in [5.74, 6) is -0.539. The van der Waals surface area contributed by atoms with Gasteiger partial charge in [-0.15, -0.1) is 6.58 Å². The van der Waals surface area contributed by atoms with E-state index < -0.39 is 6.04 Å². The van der Waals surface area contributed by atoms with Gasteiger partial charge in [0.25, 0.3) is 0 Å². The fourth-order valence-electron chi connectivity index (χ4n) is 2.42. The van der Waals surface area contributed by atoms with Crippen LogP contribution in [-0.2, 0) is 16.1 Å². The molecule has 4 N–H and O–H groups in total. The molecule has 0 fully saturated rings. The Morgan fingerprint density at radius 2 is 2.11 bits per heavy atom. The number of aromatic nitrogens is 1. The van der Waals surface area contributed by atoms with Crippen molar-refractivity contribution in [2.24, 2.45) is 0 Å². The van der Waals surface area contributed by atoms with Gasteiger partial charge in [0.2, 0.25) is 11.8 Å². The third-order valence-electron chi connectivity index (χ3n) is 3.91. The zero-order valence-corrected chi connectivity index (χ0v) is 16.7. The Morgan fingerprint density at radius 1 is 1.36 bits per heavy atom. The number of pyridine rings is 1. The first-order chi connectivity index (χ1) is 13.3.